The molecule has 6 nitrogen and oxygen atoms in total. The van der Waals surface area contributed by atoms with Crippen molar-refractivity contribution in [1.29, 1.82) is 0 Å². The van der Waals surface area contributed by atoms with Gasteiger partial charge < -0.3 is 15.0 Å². The Labute approximate surface area is 172 Å². The fraction of sp³-hybridized carbons (Fsp3) is 0.550. The molecule has 10 heteroatoms. The molecule has 1 aromatic carbocycles. The summed E-state index contributed by atoms with van der Waals surface area (Å²) in [5.41, 5.74) is 0.777. The molecule has 1 aliphatic rings. The smallest absolute Gasteiger partial charge is 0.422 e. The average Bonchev–Trinajstić information content (AvgIpc) is 3.14. The van der Waals surface area contributed by atoms with Crippen LogP contribution in [0.3, 0.4) is 0 Å². The van der Waals surface area contributed by atoms with Crippen LogP contribution < -0.4 is 10.1 Å². The second kappa shape index (κ2) is 9.55. The van der Waals surface area contributed by atoms with Crippen LogP contribution in [0.1, 0.15) is 31.7 Å². The second-order valence-corrected chi connectivity index (χ2v) is 7.69. The molecule has 30 heavy (non-hydrogen) atoms. The van der Waals surface area contributed by atoms with Gasteiger partial charge in [-0.3, -0.25) is 0 Å². The van der Waals surface area contributed by atoms with E-state index in [4.69, 9.17) is 4.74 Å². The van der Waals surface area contributed by atoms with Crippen LogP contribution in [-0.2, 0) is 13.0 Å². The maximum atomic E-state index is 13.0. The molecule has 3 rings (SSSR count). The van der Waals surface area contributed by atoms with Crippen molar-refractivity contribution >= 4 is 5.95 Å². The number of likely N-dealkylation sites (tertiary alicyclic amines) is 1. The van der Waals surface area contributed by atoms with Crippen LogP contribution in [0.2, 0.25) is 0 Å². The highest BCUT2D eigenvalue weighted by Crippen LogP contribution is 2.23. The summed E-state index contributed by atoms with van der Waals surface area (Å²) < 4.78 is 55.4. The molecule has 1 saturated heterocycles. The van der Waals surface area contributed by atoms with Crippen LogP contribution in [0.5, 0.6) is 6.01 Å². The standard InChI is InChI=1S/C20H25F4N5O/c1-13(2)29-8-7-15(11-29)9-17-26-18(25-10-14-3-5-16(21)6-4-14)28-19(27-17)30-12-20(22,23)24/h3-6,13,15H,7-12H2,1-2H3,(H,25,26,27,28). The first-order chi connectivity index (χ1) is 14.2. The molecule has 1 unspecified atom stereocenters. The number of halogens is 4. The first-order valence-electron chi connectivity index (χ1n) is 9.85. The Kier molecular flexibility index (Phi) is 7.06. The van der Waals surface area contributed by atoms with Crippen molar-refractivity contribution in [2.45, 2.75) is 45.5 Å². The second-order valence-electron chi connectivity index (χ2n) is 7.69. The Balaban J connectivity index is 1.71. The van der Waals surface area contributed by atoms with Crippen molar-refractivity contribution in [2.24, 2.45) is 5.92 Å². The Bertz CT molecular complexity index is 829. The summed E-state index contributed by atoms with van der Waals surface area (Å²) >= 11 is 0. The number of aromatic nitrogens is 3. The topological polar surface area (TPSA) is 63.2 Å². The van der Waals surface area contributed by atoms with Crippen molar-refractivity contribution in [1.82, 2.24) is 19.9 Å². The third kappa shape index (κ3) is 6.79. The van der Waals surface area contributed by atoms with E-state index in [0.29, 0.717) is 24.2 Å². The van der Waals surface area contributed by atoms with Crippen LogP contribution >= 0.6 is 0 Å². The molecule has 2 aromatic rings. The van der Waals surface area contributed by atoms with Gasteiger partial charge >= 0.3 is 12.2 Å². The summed E-state index contributed by atoms with van der Waals surface area (Å²) in [6, 6.07) is 5.93. The van der Waals surface area contributed by atoms with Crippen molar-refractivity contribution < 1.29 is 22.3 Å². The Hall–Kier alpha value is -2.49. The molecule has 2 heterocycles. The van der Waals surface area contributed by atoms with E-state index in [1.54, 1.807) is 12.1 Å². The van der Waals surface area contributed by atoms with Gasteiger partial charge in [-0.05, 0) is 50.4 Å². The number of benzene rings is 1. The maximum Gasteiger partial charge on any atom is 0.422 e. The Morgan fingerprint density at radius 3 is 2.53 bits per heavy atom. The van der Waals surface area contributed by atoms with Crippen LogP contribution in [0.4, 0.5) is 23.5 Å². The summed E-state index contributed by atoms with van der Waals surface area (Å²) in [6.07, 6.45) is -2.99. The van der Waals surface area contributed by atoms with Crippen molar-refractivity contribution in [3.05, 3.63) is 41.5 Å². The van der Waals surface area contributed by atoms with E-state index in [9.17, 15) is 17.6 Å². The minimum absolute atomic E-state index is 0.125. The zero-order valence-corrected chi connectivity index (χ0v) is 16.9. The van der Waals surface area contributed by atoms with Crippen LogP contribution in [0.25, 0.3) is 0 Å². The largest absolute Gasteiger partial charge is 0.454 e. The summed E-state index contributed by atoms with van der Waals surface area (Å²) in [5.74, 6) is 0.478. The van der Waals surface area contributed by atoms with E-state index < -0.39 is 12.8 Å². The van der Waals surface area contributed by atoms with Gasteiger partial charge in [0.1, 0.15) is 11.6 Å². The molecule has 0 saturated carbocycles. The van der Waals surface area contributed by atoms with E-state index in [1.165, 1.54) is 12.1 Å². The number of ether oxygens (including phenoxy) is 1. The van der Waals surface area contributed by atoms with Gasteiger partial charge in [0, 0.05) is 25.6 Å². The minimum atomic E-state index is -4.49. The highest BCUT2D eigenvalue weighted by molar-refractivity contribution is 5.29. The van der Waals surface area contributed by atoms with Crippen LogP contribution in [0.15, 0.2) is 24.3 Å². The number of alkyl halides is 3. The number of hydrogen-bond acceptors (Lipinski definition) is 6. The predicted molar refractivity (Wildman–Crippen MR) is 104 cm³/mol. The third-order valence-corrected chi connectivity index (χ3v) is 4.91. The van der Waals surface area contributed by atoms with Gasteiger partial charge in [0.05, 0.1) is 0 Å². The number of anilines is 1. The number of nitrogens with zero attached hydrogens (tertiary/aromatic N) is 4. The fourth-order valence-electron chi connectivity index (χ4n) is 3.32. The maximum absolute atomic E-state index is 13.0. The first kappa shape index (κ1) is 22.2. The molecule has 1 aromatic heterocycles. The lowest BCUT2D eigenvalue weighted by molar-refractivity contribution is -0.154. The van der Waals surface area contributed by atoms with Crippen LogP contribution in [0, 0.1) is 11.7 Å². The highest BCUT2D eigenvalue weighted by Gasteiger charge is 2.30. The Morgan fingerprint density at radius 2 is 1.90 bits per heavy atom. The molecular formula is C20H25F4N5O. The lowest BCUT2D eigenvalue weighted by atomic mass is 10.0. The first-order valence-corrected chi connectivity index (χ1v) is 9.85. The summed E-state index contributed by atoms with van der Waals surface area (Å²) in [6.45, 7) is 4.93. The summed E-state index contributed by atoms with van der Waals surface area (Å²) in [4.78, 5) is 14.7. The average molecular weight is 427 g/mol. The van der Waals surface area contributed by atoms with E-state index in [0.717, 1.165) is 25.1 Å². The SMILES string of the molecule is CC(C)N1CCC(Cc2nc(NCc3ccc(F)cc3)nc(OCC(F)(F)F)n2)C1. The number of rotatable bonds is 8. The number of nitrogens with one attached hydrogen (secondary N) is 1. The lowest BCUT2D eigenvalue weighted by Gasteiger charge is -2.20. The fourth-order valence-corrected chi connectivity index (χ4v) is 3.32. The molecule has 1 atom stereocenters. The monoisotopic (exact) mass is 427 g/mol. The third-order valence-electron chi connectivity index (χ3n) is 4.91. The van der Waals surface area contributed by atoms with Crippen molar-refractivity contribution in [2.75, 3.05) is 25.0 Å². The zero-order valence-electron chi connectivity index (χ0n) is 16.9. The zero-order chi connectivity index (χ0) is 21.7. The highest BCUT2D eigenvalue weighted by atomic mass is 19.4. The molecule has 0 radical (unpaired) electrons. The van der Waals surface area contributed by atoms with Gasteiger partial charge in [0.2, 0.25) is 5.95 Å². The van der Waals surface area contributed by atoms with Gasteiger partial charge in [-0.25, -0.2) is 4.39 Å². The molecule has 0 spiro atoms. The molecular weight excluding hydrogens is 402 g/mol. The quantitative estimate of drug-likeness (QED) is 0.646. The van der Waals surface area contributed by atoms with E-state index in [2.05, 4.69) is 39.0 Å². The van der Waals surface area contributed by atoms with Gasteiger partial charge in [0.25, 0.3) is 0 Å². The predicted octanol–water partition coefficient (Wildman–Crippen LogP) is 3.84. The molecule has 1 fully saturated rings. The Morgan fingerprint density at radius 1 is 1.17 bits per heavy atom. The van der Waals surface area contributed by atoms with Crippen LogP contribution in [-0.4, -0.2) is 51.8 Å². The van der Waals surface area contributed by atoms with E-state index in [-0.39, 0.29) is 24.3 Å². The van der Waals surface area contributed by atoms with Gasteiger partial charge in [0.15, 0.2) is 6.61 Å². The molecule has 0 aliphatic carbocycles. The van der Waals surface area contributed by atoms with Gasteiger partial charge in [-0.2, -0.15) is 28.1 Å². The molecule has 0 bridgehead atoms. The summed E-state index contributed by atoms with van der Waals surface area (Å²) in [5, 5.41) is 2.95. The van der Waals surface area contributed by atoms with E-state index in [1.807, 2.05) is 0 Å². The summed E-state index contributed by atoms with van der Waals surface area (Å²) in [7, 11) is 0. The lowest BCUT2D eigenvalue weighted by Crippen LogP contribution is -2.28. The molecule has 1 N–H and O–H groups in total. The van der Waals surface area contributed by atoms with Gasteiger partial charge in [-0.1, -0.05) is 12.1 Å². The minimum Gasteiger partial charge on any atom is -0.454 e. The normalized spacial score (nSPS) is 17.5. The molecule has 1 aliphatic heterocycles. The van der Waals surface area contributed by atoms with Crippen molar-refractivity contribution in [3.8, 4) is 6.01 Å². The molecule has 164 valence electrons. The van der Waals surface area contributed by atoms with Crippen molar-refractivity contribution in [3.63, 3.8) is 0 Å². The number of hydrogen-bond donors (Lipinski definition) is 1. The molecule has 0 amide bonds. The van der Waals surface area contributed by atoms with E-state index >= 15 is 0 Å². The van der Waals surface area contributed by atoms with Gasteiger partial charge in [-0.15, -0.1) is 0 Å².